The van der Waals surface area contributed by atoms with Gasteiger partial charge in [0.2, 0.25) is 0 Å². The van der Waals surface area contributed by atoms with Crippen LogP contribution in [0.3, 0.4) is 0 Å². The molecule has 0 unspecified atom stereocenters. The van der Waals surface area contributed by atoms with Gasteiger partial charge < -0.3 is 9.47 Å². The fourth-order valence-corrected chi connectivity index (χ4v) is 3.81. The van der Waals surface area contributed by atoms with Crippen LogP contribution in [0.5, 0.6) is 11.5 Å². The molecular weight excluding hydrogens is 384 g/mol. The molecular formula is C22H20N4O2S. The van der Waals surface area contributed by atoms with E-state index >= 15 is 0 Å². The number of thioether (sulfide) groups is 1. The predicted octanol–water partition coefficient (Wildman–Crippen LogP) is 4.64. The van der Waals surface area contributed by atoms with Crippen molar-refractivity contribution in [2.45, 2.75) is 10.9 Å². The minimum absolute atomic E-state index is 0.747. The Hall–Kier alpha value is -3.32. The molecule has 0 aliphatic heterocycles. The Morgan fingerprint density at radius 3 is 2.45 bits per heavy atom. The van der Waals surface area contributed by atoms with E-state index in [0.717, 1.165) is 45.0 Å². The van der Waals surface area contributed by atoms with Crippen LogP contribution in [0.4, 0.5) is 0 Å². The van der Waals surface area contributed by atoms with Gasteiger partial charge in [0.25, 0.3) is 0 Å². The van der Waals surface area contributed by atoms with Gasteiger partial charge in [-0.25, -0.2) is 0 Å². The van der Waals surface area contributed by atoms with Crippen molar-refractivity contribution in [3.8, 4) is 28.6 Å². The minimum Gasteiger partial charge on any atom is -0.497 e. The van der Waals surface area contributed by atoms with Crippen molar-refractivity contribution < 1.29 is 9.47 Å². The lowest BCUT2D eigenvalue weighted by atomic mass is 10.2. The zero-order valence-corrected chi connectivity index (χ0v) is 17.0. The Labute approximate surface area is 173 Å². The molecule has 2 aromatic carbocycles. The highest BCUT2D eigenvalue weighted by atomic mass is 32.2. The third-order valence-corrected chi connectivity index (χ3v) is 5.39. The molecule has 0 saturated heterocycles. The third-order valence-electron chi connectivity index (χ3n) is 4.39. The van der Waals surface area contributed by atoms with Crippen LogP contribution in [-0.4, -0.2) is 34.0 Å². The second-order valence-electron chi connectivity index (χ2n) is 6.22. The van der Waals surface area contributed by atoms with E-state index in [2.05, 4.69) is 21.2 Å². The number of hydrogen-bond donors (Lipinski definition) is 0. The maximum Gasteiger partial charge on any atom is 0.196 e. The molecule has 2 heterocycles. The van der Waals surface area contributed by atoms with Gasteiger partial charge in [0.15, 0.2) is 11.0 Å². The van der Waals surface area contributed by atoms with Gasteiger partial charge in [-0.2, -0.15) is 0 Å². The molecule has 0 amide bonds. The average molecular weight is 404 g/mol. The van der Waals surface area contributed by atoms with Crippen molar-refractivity contribution in [1.29, 1.82) is 0 Å². The van der Waals surface area contributed by atoms with E-state index in [0.29, 0.717) is 0 Å². The topological polar surface area (TPSA) is 62.1 Å². The van der Waals surface area contributed by atoms with E-state index in [-0.39, 0.29) is 0 Å². The second-order valence-corrected chi connectivity index (χ2v) is 7.16. The summed E-state index contributed by atoms with van der Waals surface area (Å²) in [6, 6.07) is 19.8. The second kappa shape index (κ2) is 8.79. The molecule has 146 valence electrons. The fraction of sp³-hybridized carbons (Fsp3) is 0.136. The van der Waals surface area contributed by atoms with Gasteiger partial charge in [-0.05, 0) is 54.1 Å². The first-order valence-corrected chi connectivity index (χ1v) is 10.0. The molecule has 0 aliphatic carbocycles. The Bertz CT molecular complexity index is 1080. The average Bonchev–Trinajstić information content (AvgIpc) is 3.22. The van der Waals surface area contributed by atoms with E-state index in [1.807, 2.05) is 59.2 Å². The van der Waals surface area contributed by atoms with Crippen LogP contribution in [0.1, 0.15) is 5.56 Å². The molecule has 0 saturated carbocycles. The Morgan fingerprint density at radius 2 is 1.72 bits per heavy atom. The molecule has 0 bridgehead atoms. The molecule has 0 atom stereocenters. The van der Waals surface area contributed by atoms with E-state index in [4.69, 9.17) is 9.47 Å². The monoisotopic (exact) mass is 404 g/mol. The van der Waals surface area contributed by atoms with E-state index < -0.39 is 0 Å². The summed E-state index contributed by atoms with van der Waals surface area (Å²) < 4.78 is 12.7. The molecule has 0 radical (unpaired) electrons. The summed E-state index contributed by atoms with van der Waals surface area (Å²) in [4.78, 5) is 4.22. The summed E-state index contributed by atoms with van der Waals surface area (Å²) in [6.45, 7) is 0. The quantitative estimate of drug-likeness (QED) is 0.418. The zero-order valence-electron chi connectivity index (χ0n) is 16.1. The molecule has 0 N–H and O–H groups in total. The van der Waals surface area contributed by atoms with E-state index in [9.17, 15) is 0 Å². The molecule has 6 nitrogen and oxygen atoms in total. The van der Waals surface area contributed by atoms with Gasteiger partial charge in [0.05, 0.1) is 14.2 Å². The number of hydrogen-bond acceptors (Lipinski definition) is 6. The molecule has 7 heteroatoms. The van der Waals surface area contributed by atoms with Crippen LogP contribution >= 0.6 is 11.8 Å². The predicted molar refractivity (Wildman–Crippen MR) is 114 cm³/mol. The largest absolute Gasteiger partial charge is 0.497 e. The number of aromatic nitrogens is 4. The molecule has 0 fully saturated rings. The first-order chi connectivity index (χ1) is 14.3. The lowest BCUT2D eigenvalue weighted by Gasteiger charge is -2.11. The minimum atomic E-state index is 0.747. The Morgan fingerprint density at radius 1 is 0.897 bits per heavy atom. The molecule has 29 heavy (non-hydrogen) atoms. The third kappa shape index (κ3) is 4.25. The van der Waals surface area contributed by atoms with Gasteiger partial charge in [-0.1, -0.05) is 23.9 Å². The van der Waals surface area contributed by atoms with Crippen LogP contribution in [0.2, 0.25) is 0 Å². The number of benzene rings is 2. The van der Waals surface area contributed by atoms with E-state index in [1.165, 1.54) is 0 Å². The van der Waals surface area contributed by atoms with Crippen molar-refractivity contribution in [3.63, 3.8) is 0 Å². The Balaban J connectivity index is 1.70. The number of nitrogens with zero attached hydrogens (tertiary/aromatic N) is 4. The SMILES string of the molecule is COc1ccc(-n2c(SCc3cccc(OC)c3)nnc2-c2cccnc2)cc1. The smallest absolute Gasteiger partial charge is 0.196 e. The van der Waals surface area contributed by atoms with Gasteiger partial charge in [0, 0.05) is 29.4 Å². The van der Waals surface area contributed by atoms with Crippen LogP contribution in [0.25, 0.3) is 17.1 Å². The molecule has 0 spiro atoms. The van der Waals surface area contributed by atoms with Gasteiger partial charge >= 0.3 is 0 Å². The first-order valence-electron chi connectivity index (χ1n) is 9.04. The molecule has 4 rings (SSSR count). The van der Waals surface area contributed by atoms with Crippen LogP contribution in [0, 0.1) is 0 Å². The molecule has 4 aromatic rings. The van der Waals surface area contributed by atoms with Crippen molar-refractivity contribution >= 4 is 11.8 Å². The summed E-state index contributed by atoms with van der Waals surface area (Å²) in [5.74, 6) is 3.14. The maximum absolute atomic E-state index is 5.32. The first kappa shape index (κ1) is 19.0. The number of methoxy groups -OCH3 is 2. The summed E-state index contributed by atoms with van der Waals surface area (Å²) in [5, 5.41) is 9.70. The summed E-state index contributed by atoms with van der Waals surface area (Å²) in [7, 11) is 3.33. The maximum atomic E-state index is 5.32. The summed E-state index contributed by atoms with van der Waals surface area (Å²) in [6.07, 6.45) is 3.54. The van der Waals surface area contributed by atoms with Crippen LogP contribution in [-0.2, 0) is 5.75 Å². The van der Waals surface area contributed by atoms with Crippen molar-refractivity contribution in [3.05, 3.63) is 78.6 Å². The zero-order chi connectivity index (χ0) is 20.1. The van der Waals surface area contributed by atoms with E-state index in [1.54, 1.807) is 38.4 Å². The number of rotatable bonds is 7. The lowest BCUT2D eigenvalue weighted by Crippen LogP contribution is -2.00. The summed E-state index contributed by atoms with van der Waals surface area (Å²) in [5.41, 5.74) is 3.02. The van der Waals surface area contributed by atoms with Crippen molar-refractivity contribution in [2.75, 3.05) is 14.2 Å². The number of pyridine rings is 1. The van der Waals surface area contributed by atoms with Crippen molar-refractivity contribution in [2.24, 2.45) is 0 Å². The van der Waals surface area contributed by atoms with Gasteiger partial charge in [-0.15, -0.1) is 10.2 Å². The fourth-order valence-electron chi connectivity index (χ4n) is 2.92. The van der Waals surface area contributed by atoms with Gasteiger partial charge in [0.1, 0.15) is 11.5 Å². The molecule has 2 aromatic heterocycles. The number of ether oxygens (including phenoxy) is 2. The standard InChI is InChI=1S/C22H20N4O2S/c1-27-19-10-8-18(9-11-19)26-21(17-6-4-12-23-14-17)24-25-22(26)29-15-16-5-3-7-20(13-16)28-2/h3-14H,15H2,1-2H3. The normalized spacial score (nSPS) is 10.7. The highest BCUT2D eigenvalue weighted by Crippen LogP contribution is 2.30. The van der Waals surface area contributed by atoms with Crippen LogP contribution < -0.4 is 9.47 Å². The highest BCUT2D eigenvalue weighted by Gasteiger charge is 2.16. The van der Waals surface area contributed by atoms with Crippen LogP contribution in [0.15, 0.2) is 78.2 Å². The Kier molecular flexibility index (Phi) is 5.76. The van der Waals surface area contributed by atoms with Gasteiger partial charge in [-0.3, -0.25) is 9.55 Å². The highest BCUT2D eigenvalue weighted by molar-refractivity contribution is 7.98. The van der Waals surface area contributed by atoms with Crippen molar-refractivity contribution in [1.82, 2.24) is 19.7 Å². The molecule has 0 aliphatic rings. The lowest BCUT2D eigenvalue weighted by molar-refractivity contribution is 0.414. The summed E-state index contributed by atoms with van der Waals surface area (Å²) >= 11 is 1.62.